The smallest absolute Gasteiger partial charge is 0.320 e. The molecule has 0 aromatic heterocycles. The van der Waals surface area contributed by atoms with Crippen LogP contribution in [-0.4, -0.2) is 60.9 Å². The number of hydrogen-bond donors (Lipinski definition) is 2. The summed E-state index contributed by atoms with van der Waals surface area (Å²) in [5.74, 6) is -1.67. The summed E-state index contributed by atoms with van der Waals surface area (Å²) in [6.45, 7) is 0.385. The van der Waals surface area contributed by atoms with Crippen LogP contribution in [-0.2, 0) is 19.4 Å². The van der Waals surface area contributed by atoms with E-state index >= 15 is 0 Å². The maximum atomic E-state index is 11.2. The van der Waals surface area contributed by atoms with Gasteiger partial charge in [-0.15, -0.1) is 0 Å². The zero-order valence-corrected chi connectivity index (χ0v) is 10.1. The molecule has 0 aromatic carbocycles. The summed E-state index contributed by atoms with van der Waals surface area (Å²) in [6.07, 6.45) is 0.102. The second kappa shape index (κ2) is 5.46. The van der Waals surface area contributed by atoms with E-state index in [1.807, 2.05) is 0 Å². The Bertz CT molecular complexity index is 392. The monoisotopic (exact) mass is 264 g/mol. The lowest BCUT2D eigenvalue weighted by Gasteiger charge is -2.31. The Kier molecular flexibility index (Phi) is 4.47. The molecule has 0 radical (unpaired) electrons. The van der Waals surface area contributed by atoms with Gasteiger partial charge in [-0.2, -0.15) is 0 Å². The van der Waals surface area contributed by atoms with Gasteiger partial charge in [0.1, 0.15) is 6.04 Å². The minimum atomic E-state index is -3.03. The number of carboxylic acids is 1. The van der Waals surface area contributed by atoms with Crippen molar-refractivity contribution < 1.29 is 23.1 Å². The Morgan fingerprint density at radius 1 is 1.29 bits per heavy atom. The van der Waals surface area contributed by atoms with Crippen molar-refractivity contribution in [1.29, 1.82) is 0 Å². The molecule has 1 unspecified atom stereocenters. The molecule has 0 bridgehead atoms. The second-order valence-electron chi connectivity index (χ2n) is 4.05. The molecular weight excluding hydrogens is 248 g/mol. The van der Waals surface area contributed by atoms with Gasteiger partial charge in [-0.25, -0.2) is 8.42 Å². The number of carboxylic acid groups (broad SMARTS) is 1. The van der Waals surface area contributed by atoms with E-state index in [4.69, 9.17) is 10.8 Å². The third-order valence-electron chi connectivity index (χ3n) is 2.77. The number of primary amides is 1. The van der Waals surface area contributed by atoms with E-state index in [1.165, 1.54) is 0 Å². The summed E-state index contributed by atoms with van der Waals surface area (Å²) < 4.78 is 22.4. The lowest BCUT2D eigenvalue weighted by atomic mass is 10.1. The molecule has 1 atom stereocenters. The standard InChI is InChI=1S/C9H16N2O5S/c10-8(12)2-1-7(9(13)14)11-3-5-17(15,16)6-4-11/h7H,1-6H2,(H2,10,12)(H,13,14). The van der Waals surface area contributed by atoms with Crippen LogP contribution in [0.4, 0.5) is 0 Å². The number of nitrogens with two attached hydrogens (primary N) is 1. The molecule has 0 saturated carbocycles. The summed E-state index contributed by atoms with van der Waals surface area (Å²) in [6, 6.07) is -0.835. The fourth-order valence-corrected chi connectivity index (χ4v) is 3.01. The maximum absolute atomic E-state index is 11.2. The summed E-state index contributed by atoms with van der Waals surface area (Å²) in [7, 11) is -3.03. The molecule has 1 rings (SSSR count). The SMILES string of the molecule is NC(=O)CCC(C(=O)O)N1CCS(=O)(=O)CC1. The molecule has 98 valence electrons. The fraction of sp³-hybridized carbons (Fsp3) is 0.778. The largest absolute Gasteiger partial charge is 0.480 e. The van der Waals surface area contributed by atoms with Crippen LogP contribution in [0, 0.1) is 0 Å². The highest BCUT2D eigenvalue weighted by molar-refractivity contribution is 7.91. The van der Waals surface area contributed by atoms with Crippen molar-refractivity contribution in [2.45, 2.75) is 18.9 Å². The molecule has 3 N–H and O–H groups in total. The summed E-state index contributed by atoms with van der Waals surface area (Å²) in [5, 5.41) is 9.03. The van der Waals surface area contributed by atoms with Crippen molar-refractivity contribution in [2.75, 3.05) is 24.6 Å². The first-order chi connectivity index (χ1) is 7.82. The highest BCUT2D eigenvalue weighted by Gasteiger charge is 2.31. The maximum Gasteiger partial charge on any atom is 0.320 e. The third-order valence-corrected chi connectivity index (χ3v) is 4.38. The molecule has 1 saturated heterocycles. The normalized spacial score (nSPS) is 21.9. The Morgan fingerprint density at radius 2 is 1.82 bits per heavy atom. The first kappa shape index (κ1) is 13.9. The molecule has 0 aromatic rings. The van der Waals surface area contributed by atoms with Gasteiger partial charge in [0, 0.05) is 19.5 Å². The average Bonchev–Trinajstić information content (AvgIpc) is 2.19. The molecule has 1 fully saturated rings. The van der Waals surface area contributed by atoms with Crippen molar-refractivity contribution in [2.24, 2.45) is 5.73 Å². The highest BCUT2D eigenvalue weighted by Crippen LogP contribution is 2.12. The molecule has 0 spiro atoms. The van der Waals surface area contributed by atoms with Gasteiger partial charge in [0.2, 0.25) is 5.91 Å². The van der Waals surface area contributed by atoms with Gasteiger partial charge < -0.3 is 10.8 Å². The average molecular weight is 264 g/mol. The number of aliphatic carboxylic acids is 1. The Labute approximate surface area is 99.5 Å². The summed E-state index contributed by atoms with van der Waals surface area (Å²) in [4.78, 5) is 23.2. The number of sulfone groups is 1. The van der Waals surface area contributed by atoms with Crippen LogP contribution in [0.5, 0.6) is 0 Å². The van der Waals surface area contributed by atoms with E-state index in [1.54, 1.807) is 4.90 Å². The van der Waals surface area contributed by atoms with Gasteiger partial charge in [0.25, 0.3) is 0 Å². The fourth-order valence-electron chi connectivity index (χ4n) is 1.78. The minimum absolute atomic E-state index is 0.0137. The predicted molar refractivity (Wildman–Crippen MR) is 60.1 cm³/mol. The second-order valence-corrected chi connectivity index (χ2v) is 6.35. The first-order valence-corrected chi connectivity index (χ1v) is 7.09. The van der Waals surface area contributed by atoms with Crippen LogP contribution in [0.25, 0.3) is 0 Å². The van der Waals surface area contributed by atoms with Crippen molar-refractivity contribution in [3.63, 3.8) is 0 Å². The number of rotatable bonds is 5. The number of carbonyl (C=O) groups excluding carboxylic acids is 1. The third kappa shape index (κ3) is 4.31. The van der Waals surface area contributed by atoms with Crippen LogP contribution in [0.15, 0.2) is 0 Å². The molecule has 1 heterocycles. The highest BCUT2D eigenvalue weighted by atomic mass is 32.2. The molecular formula is C9H16N2O5S. The van der Waals surface area contributed by atoms with Crippen molar-refractivity contribution in [3.8, 4) is 0 Å². The van der Waals surface area contributed by atoms with Crippen LogP contribution < -0.4 is 5.73 Å². The summed E-state index contributed by atoms with van der Waals surface area (Å²) in [5.41, 5.74) is 4.97. The van der Waals surface area contributed by atoms with Gasteiger partial charge in [-0.1, -0.05) is 0 Å². The van der Waals surface area contributed by atoms with Crippen LogP contribution in [0.3, 0.4) is 0 Å². The first-order valence-electron chi connectivity index (χ1n) is 5.27. The van der Waals surface area contributed by atoms with Gasteiger partial charge >= 0.3 is 5.97 Å². The molecule has 8 heteroatoms. The minimum Gasteiger partial charge on any atom is -0.480 e. The zero-order chi connectivity index (χ0) is 13.1. The Morgan fingerprint density at radius 3 is 2.24 bits per heavy atom. The van der Waals surface area contributed by atoms with Gasteiger partial charge in [0.05, 0.1) is 11.5 Å². The number of amides is 1. The van der Waals surface area contributed by atoms with Gasteiger partial charge in [-0.3, -0.25) is 14.5 Å². The number of nitrogens with zero attached hydrogens (tertiary/aromatic N) is 1. The van der Waals surface area contributed by atoms with Crippen LogP contribution in [0.1, 0.15) is 12.8 Å². The molecule has 0 aliphatic carbocycles. The van der Waals surface area contributed by atoms with Crippen molar-refractivity contribution in [3.05, 3.63) is 0 Å². The topological polar surface area (TPSA) is 118 Å². The molecule has 1 amide bonds. The molecule has 1 aliphatic rings. The van der Waals surface area contributed by atoms with E-state index in [0.29, 0.717) is 0 Å². The lowest BCUT2D eigenvalue weighted by molar-refractivity contribution is -0.143. The zero-order valence-electron chi connectivity index (χ0n) is 9.33. The predicted octanol–water partition coefficient (Wildman–Crippen LogP) is -1.56. The molecule has 17 heavy (non-hydrogen) atoms. The quantitative estimate of drug-likeness (QED) is 0.619. The number of hydrogen-bond acceptors (Lipinski definition) is 5. The Balaban J connectivity index is 2.60. The van der Waals surface area contributed by atoms with E-state index in [-0.39, 0.29) is 37.4 Å². The van der Waals surface area contributed by atoms with Crippen molar-refractivity contribution in [1.82, 2.24) is 4.90 Å². The van der Waals surface area contributed by atoms with Crippen molar-refractivity contribution >= 4 is 21.7 Å². The molecule has 7 nitrogen and oxygen atoms in total. The van der Waals surface area contributed by atoms with Gasteiger partial charge in [-0.05, 0) is 6.42 Å². The van der Waals surface area contributed by atoms with E-state index in [0.717, 1.165) is 0 Å². The lowest BCUT2D eigenvalue weighted by Crippen LogP contribution is -2.49. The Hall–Kier alpha value is -1.15. The van der Waals surface area contributed by atoms with Crippen LogP contribution >= 0.6 is 0 Å². The van der Waals surface area contributed by atoms with Gasteiger partial charge in [0.15, 0.2) is 9.84 Å². The van der Waals surface area contributed by atoms with Crippen LogP contribution in [0.2, 0.25) is 0 Å². The molecule has 1 aliphatic heterocycles. The summed E-state index contributed by atoms with van der Waals surface area (Å²) >= 11 is 0. The van der Waals surface area contributed by atoms with E-state index in [9.17, 15) is 18.0 Å². The van der Waals surface area contributed by atoms with E-state index < -0.39 is 27.8 Å². The number of carbonyl (C=O) groups is 2. The van der Waals surface area contributed by atoms with E-state index in [2.05, 4.69) is 0 Å².